The third-order valence-electron chi connectivity index (χ3n) is 3.86. The lowest BCUT2D eigenvalue weighted by Crippen LogP contribution is -2.36. The van der Waals surface area contributed by atoms with Crippen LogP contribution < -0.4 is 5.56 Å². The standard InChI is InChI=1S/C15H12F5N3O/c16-10-2-1-3-11(17)9(10)6-23-5-4-8-12(7-23)21-14(15(18,19)20)22-13(8)24/h1-3H,4-7H2,(H,21,22,24). The number of fused-ring (bicyclic) bond motifs is 1. The number of alkyl halides is 3. The molecule has 2 heterocycles. The summed E-state index contributed by atoms with van der Waals surface area (Å²) in [5.74, 6) is -2.82. The molecule has 0 radical (unpaired) electrons. The lowest BCUT2D eigenvalue weighted by atomic mass is 10.1. The number of nitrogens with zero attached hydrogens (tertiary/aromatic N) is 2. The Labute approximate surface area is 132 Å². The molecule has 0 spiro atoms. The van der Waals surface area contributed by atoms with Gasteiger partial charge in [0.1, 0.15) is 11.6 Å². The van der Waals surface area contributed by atoms with E-state index in [1.807, 2.05) is 0 Å². The molecule has 0 atom stereocenters. The van der Waals surface area contributed by atoms with Crippen LogP contribution in [0.1, 0.15) is 22.6 Å². The second-order valence-electron chi connectivity index (χ2n) is 5.50. The highest BCUT2D eigenvalue weighted by Crippen LogP contribution is 2.27. The van der Waals surface area contributed by atoms with Crippen LogP contribution in [0, 0.1) is 11.6 Å². The minimum absolute atomic E-state index is 0.0194. The smallest absolute Gasteiger partial charge is 0.303 e. The summed E-state index contributed by atoms with van der Waals surface area (Å²) < 4.78 is 65.6. The summed E-state index contributed by atoms with van der Waals surface area (Å²) in [5.41, 5.74) is -0.840. The molecule has 0 saturated heterocycles. The molecule has 0 bridgehead atoms. The molecule has 24 heavy (non-hydrogen) atoms. The van der Waals surface area contributed by atoms with E-state index in [4.69, 9.17) is 0 Å². The summed E-state index contributed by atoms with van der Waals surface area (Å²) in [6.45, 7) is 0.0841. The van der Waals surface area contributed by atoms with Crippen molar-refractivity contribution in [2.75, 3.05) is 6.54 Å². The minimum Gasteiger partial charge on any atom is -0.303 e. The highest BCUT2D eigenvalue weighted by Gasteiger charge is 2.36. The zero-order chi connectivity index (χ0) is 17.5. The fourth-order valence-corrected chi connectivity index (χ4v) is 2.67. The van der Waals surface area contributed by atoms with Crippen molar-refractivity contribution in [2.45, 2.75) is 25.7 Å². The highest BCUT2D eigenvalue weighted by molar-refractivity contribution is 5.23. The van der Waals surface area contributed by atoms with Gasteiger partial charge >= 0.3 is 6.18 Å². The van der Waals surface area contributed by atoms with Gasteiger partial charge in [-0.05, 0) is 18.6 Å². The molecule has 3 rings (SSSR count). The Kier molecular flexibility index (Phi) is 4.12. The number of benzene rings is 1. The second-order valence-corrected chi connectivity index (χ2v) is 5.50. The average molecular weight is 345 g/mol. The monoisotopic (exact) mass is 345 g/mol. The first-order valence-corrected chi connectivity index (χ1v) is 7.10. The van der Waals surface area contributed by atoms with Crippen molar-refractivity contribution in [2.24, 2.45) is 0 Å². The minimum atomic E-state index is -4.77. The maximum absolute atomic E-state index is 13.7. The Balaban J connectivity index is 1.89. The maximum atomic E-state index is 13.7. The molecular formula is C15H12F5N3O. The van der Waals surface area contributed by atoms with Crippen molar-refractivity contribution in [1.82, 2.24) is 14.9 Å². The lowest BCUT2D eigenvalue weighted by molar-refractivity contribution is -0.145. The summed E-state index contributed by atoms with van der Waals surface area (Å²) in [6.07, 6.45) is -4.61. The van der Waals surface area contributed by atoms with Gasteiger partial charge in [-0.1, -0.05) is 6.07 Å². The van der Waals surface area contributed by atoms with E-state index in [1.165, 1.54) is 6.07 Å². The quantitative estimate of drug-likeness (QED) is 0.852. The number of hydrogen-bond acceptors (Lipinski definition) is 3. The maximum Gasteiger partial charge on any atom is 0.449 e. The van der Waals surface area contributed by atoms with Gasteiger partial charge < -0.3 is 4.98 Å². The number of halogens is 5. The third-order valence-corrected chi connectivity index (χ3v) is 3.86. The van der Waals surface area contributed by atoms with Gasteiger partial charge in [0.2, 0.25) is 5.82 Å². The molecule has 2 aromatic rings. The second kappa shape index (κ2) is 5.97. The van der Waals surface area contributed by atoms with Crippen molar-refractivity contribution in [3.05, 3.63) is 62.8 Å². The van der Waals surface area contributed by atoms with E-state index in [9.17, 15) is 26.7 Å². The number of aromatic amines is 1. The zero-order valence-electron chi connectivity index (χ0n) is 12.3. The van der Waals surface area contributed by atoms with Gasteiger partial charge in [0.25, 0.3) is 5.56 Å². The van der Waals surface area contributed by atoms with Crippen LogP contribution in [0.5, 0.6) is 0 Å². The molecule has 1 aliphatic heterocycles. The van der Waals surface area contributed by atoms with Crippen LogP contribution >= 0.6 is 0 Å². The SMILES string of the molecule is O=c1[nH]c(C(F)(F)F)nc2c1CCN(Cc1c(F)cccc1F)C2. The van der Waals surface area contributed by atoms with Crippen molar-refractivity contribution < 1.29 is 22.0 Å². The first kappa shape index (κ1) is 16.6. The topological polar surface area (TPSA) is 49.0 Å². The molecule has 0 aliphatic carbocycles. The number of hydrogen-bond donors (Lipinski definition) is 1. The summed E-state index contributed by atoms with van der Waals surface area (Å²) >= 11 is 0. The Morgan fingerprint density at radius 2 is 1.88 bits per heavy atom. The molecular weight excluding hydrogens is 333 g/mol. The molecule has 1 N–H and O–H groups in total. The first-order chi connectivity index (χ1) is 11.3. The largest absolute Gasteiger partial charge is 0.449 e. The van der Waals surface area contributed by atoms with Crippen molar-refractivity contribution in [3.63, 3.8) is 0 Å². The molecule has 1 aromatic heterocycles. The number of H-pyrrole nitrogens is 1. The van der Waals surface area contributed by atoms with Crippen LogP contribution in [0.4, 0.5) is 22.0 Å². The third kappa shape index (κ3) is 3.16. The summed E-state index contributed by atoms with van der Waals surface area (Å²) in [5, 5.41) is 0. The zero-order valence-corrected chi connectivity index (χ0v) is 12.3. The fourth-order valence-electron chi connectivity index (χ4n) is 2.67. The van der Waals surface area contributed by atoms with Crippen LogP contribution in [0.25, 0.3) is 0 Å². The van der Waals surface area contributed by atoms with E-state index in [2.05, 4.69) is 4.98 Å². The average Bonchev–Trinajstić information content (AvgIpc) is 2.50. The molecule has 0 fully saturated rings. The molecule has 1 aliphatic rings. The molecule has 128 valence electrons. The van der Waals surface area contributed by atoms with Crippen molar-refractivity contribution >= 4 is 0 Å². The molecule has 0 unspecified atom stereocenters. The van der Waals surface area contributed by atoms with Crippen LogP contribution in [-0.4, -0.2) is 21.4 Å². The Bertz CT molecular complexity index is 811. The lowest BCUT2D eigenvalue weighted by Gasteiger charge is -2.28. The summed E-state index contributed by atoms with van der Waals surface area (Å²) in [6, 6.07) is 3.46. The van der Waals surface area contributed by atoms with E-state index in [0.717, 1.165) is 12.1 Å². The molecule has 0 saturated carbocycles. The number of rotatable bonds is 2. The summed E-state index contributed by atoms with van der Waals surface area (Å²) in [7, 11) is 0. The van der Waals surface area contributed by atoms with E-state index < -0.39 is 29.2 Å². The fraction of sp³-hybridized carbons (Fsp3) is 0.333. The van der Waals surface area contributed by atoms with Gasteiger partial charge in [0.15, 0.2) is 0 Å². The van der Waals surface area contributed by atoms with Crippen LogP contribution in [-0.2, 0) is 25.7 Å². The predicted molar refractivity (Wildman–Crippen MR) is 74.0 cm³/mol. The van der Waals surface area contributed by atoms with Crippen molar-refractivity contribution in [1.29, 1.82) is 0 Å². The van der Waals surface area contributed by atoms with E-state index in [0.29, 0.717) is 0 Å². The van der Waals surface area contributed by atoms with E-state index >= 15 is 0 Å². The first-order valence-electron chi connectivity index (χ1n) is 7.10. The Morgan fingerprint density at radius 3 is 2.50 bits per heavy atom. The van der Waals surface area contributed by atoms with Gasteiger partial charge in [-0.15, -0.1) is 0 Å². The van der Waals surface area contributed by atoms with Crippen LogP contribution in [0.3, 0.4) is 0 Å². The molecule has 1 aromatic carbocycles. The van der Waals surface area contributed by atoms with Gasteiger partial charge in [0.05, 0.1) is 5.69 Å². The van der Waals surface area contributed by atoms with Crippen LogP contribution in [0.2, 0.25) is 0 Å². The van der Waals surface area contributed by atoms with Crippen LogP contribution in [0.15, 0.2) is 23.0 Å². The number of nitrogens with one attached hydrogen (secondary N) is 1. The van der Waals surface area contributed by atoms with Gasteiger partial charge in [-0.2, -0.15) is 13.2 Å². The Hall–Kier alpha value is -2.29. The predicted octanol–water partition coefficient (Wildman–Crippen LogP) is 2.63. The van der Waals surface area contributed by atoms with Crippen molar-refractivity contribution in [3.8, 4) is 0 Å². The van der Waals surface area contributed by atoms with E-state index in [-0.39, 0.29) is 42.9 Å². The molecule has 9 heteroatoms. The molecule has 4 nitrogen and oxygen atoms in total. The number of aromatic nitrogens is 2. The Morgan fingerprint density at radius 1 is 1.21 bits per heavy atom. The van der Waals surface area contributed by atoms with Gasteiger partial charge in [0, 0.05) is 30.8 Å². The normalized spacial score (nSPS) is 15.4. The highest BCUT2D eigenvalue weighted by atomic mass is 19.4. The van der Waals surface area contributed by atoms with Gasteiger partial charge in [-0.3, -0.25) is 9.69 Å². The summed E-state index contributed by atoms with van der Waals surface area (Å²) in [4.78, 5) is 18.5. The molecule has 0 amide bonds. The van der Waals surface area contributed by atoms with E-state index in [1.54, 1.807) is 9.88 Å². The van der Waals surface area contributed by atoms with Gasteiger partial charge in [-0.25, -0.2) is 13.8 Å².